The Morgan fingerprint density at radius 2 is 1.57 bits per heavy atom. The van der Waals surface area contributed by atoms with Gasteiger partial charge in [-0.05, 0) is 37.1 Å². The Balaban J connectivity index is 1.31. The van der Waals surface area contributed by atoms with Crippen molar-refractivity contribution in [1.82, 2.24) is 0 Å². The fourth-order valence-corrected chi connectivity index (χ4v) is 5.33. The summed E-state index contributed by atoms with van der Waals surface area (Å²) in [4.78, 5) is 11.5. The largest absolute Gasteiger partial charge is 0.393 e. The number of rotatable bonds is 12. The van der Waals surface area contributed by atoms with Crippen molar-refractivity contribution in [2.45, 2.75) is 127 Å². The molecule has 30 heavy (non-hydrogen) atoms. The van der Waals surface area contributed by atoms with E-state index in [1.807, 2.05) is 12.2 Å². The first-order valence-corrected chi connectivity index (χ1v) is 12.5. The van der Waals surface area contributed by atoms with Crippen LogP contribution in [0.2, 0.25) is 0 Å². The van der Waals surface area contributed by atoms with Gasteiger partial charge in [0.15, 0.2) is 5.78 Å². The number of hydrogen-bond donors (Lipinski definition) is 1. The lowest BCUT2D eigenvalue weighted by atomic mass is 9.81. The molecule has 2 fully saturated rings. The van der Waals surface area contributed by atoms with Gasteiger partial charge in [0.05, 0.1) is 24.4 Å². The lowest BCUT2D eigenvalue weighted by Gasteiger charge is -2.40. The van der Waals surface area contributed by atoms with Crippen LogP contribution in [0.3, 0.4) is 0 Å². The van der Waals surface area contributed by atoms with Crippen molar-refractivity contribution in [3.8, 4) is 0 Å². The molecule has 4 heteroatoms. The smallest absolute Gasteiger partial charge is 0.178 e. The van der Waals surface area contributed by atoms with Gasteiger partial charge in [0.2, 0.25) is 0 Å². The molecule has 3 atom stereocenters. The molecule has 0 amide bonds. The summed E-state index contributed by atoms with van der Waals surface area (Å²) in [5.74, 6) is 0.00384. The number of carbonyl (C=O) groups excluding carboxylic acids is 1. The van der Waals surface area contributed by atoms with Crippen LogP contribution in [0, 0.1) is 0 Å². The fraction of sp³-hybridized carbons (Fsp3) is 0.808. The molecule has 0 aromatic heterocycles. The van der Waals surface area contributed by atoms with Gasteiger partial charge in [0, 0.05) is 12.8 Å². The first-order valence-electron chi connectivity index (χ1n) is 12.5. The number of aliphatic hydroxyl groups is 1. The van der Waals surface area contributed by atoms with Gasteiger partial charge in [-0.1, -0.05) is 77.6 Å². The number of carbonyl (C=O) groups is 1. The molecule has 2 aliphatic heterocycles. The Bertz CT molecular complexity index is 580. The zero-order chi connectivity index (χ0) is 21.3. The van der Waals surface area contributed by atoms with E-state index < -0.39 is 11.2 Å². The topological polar surface area (TPSA) is 55.8 Å². The van der Waals surface area contributed by atoms with E-state index in [2.05, 4.69) is 6.92 Å². The predicted molar refractivity (Wildman–Crippen MR) is 121 cm³/mol. The van der Waals surface area contributed by atoms with Crippen LogP contribution in [-0.2, 0) is 14.3 Å². The fourth-order valence-electron chi connectivity index (χ4n) is 5.33. The lowest BCUT2D eigenvalue weighted by Crippen LogP contribution is -2.47. The maximum atomic E-state index is 11.5. The van der Waals surface area contributed by atoms with Crippen molar-refractivity contribution in [3.05, 3.63) is 24.3 Å². The van der Waals surface area contributed by atoms with E-state index in [-0.39, 0.29) is 18.0 Å². The van der Waals surface area contributed by atoms with Crippen LogP contribution < -0.4 is 0 Å². The molecule has 0 aromatic rings. The molecule has 4 nitrogen and oxygen atoms in total. The minimum atomic E-state index is -0.536. The second kappa shape index (κ2) is 11.6. The summed E-state index contributed by atoms with van der Waals surface area (Å²) in [5, 5.41) is 10.5. The summed E-state index contributed by atoms with van der Waals surface area (Å²) in [6, 6.07) is 0. The molecule has 2 heterocycles. The van der Waals surface area contributed by atoms with Crippen molar-refractivity contribution in [2.24, 2.45) is 0 Å². The molecule has 170 valence electrons. The van der Waals surface area contributed by atoms with E-state index >= 15 is 0 Å². The minimum absolute atomic E-state index is 0.00384. The lowest BCUT2D eigenvalue weighted by molar-refractivity contribution is -0.162. The van der Waals surface area contributed by atoms with E-state index in [1.54, 1.807) is 12.2 Å². The molecule has 3 aliphatic rings. The third kappa shape index (κ3) is 7.03. The van der Waals surface area contributed by atoms with Gasteiger partial charge in [-0.3, -0.25) is 4.79 Å². The van der Waals surface area contributed by atoms with Crippen LogP contribution in [-0.4, -0.2) is 40.9 Å². The first-order chi connectivity index (χ1) is 14.5. The molecule has 0 radical (unpaired) electrons. The summed E-state index contributed by atoms with van der Waals surface area (Å²) < 4.78 is 12.6. The van der Waals surface area contributed by atoms with Crippen LogP contribution in [0.4, 0.5) is 0 Å². The van der Waals surface area contributed by atoms with Crippen LogP contribution >= 0.6 is 0 Å². The van der Waals surface area contributed by atoms with Crippen molar-refractivity contribution >= 4 is 5.78 Å². The second-order valence-corrected chi connectivity index (χ2v) is 9.83. The summed E-state index contributed by atoms with van der Waals surface area (Å²) in [6.45, 7) is 2.76. The van der Waals surface area contributed by atoms with Crippen molar-refractivity contribution in [2.75, 3.05) is 6.61 Å². The third-order valence-corrected chi connectivity index (χ3v) is 6.95. The standard InChI is InChI=1S/C26H42O4/c1-2-3-4-5-6-7-8-9-10-11-12-13-24-18-23(28)19-26(30-24)20-25(29-21-26)16-14-22(27)15-17-25/h14-17,23-24,28H,2-13,18-21H2,1H3/t23-,24-,26+/m1/s1. The van der Waals surface area contributed by atoms with Crippen LogP contribution in [0.25, 0.3) is 0 Å². The highest BCUT2D eigenvalue weighted by atomic mass is 16.6. The molecule has 0 unspecified atom stereocenters. The number of allylic oxidation sites excluding steroid dienone is 2. The minimum Gasteiger partial charge on any atom is -0.393 e. The van der Waals surface area contributed by atoms with Crippen molar-refractivity contribution in [1.29, 1.82) is 0 Å². The molecular weight excluding hydrogens is 376 g/mol. The van der Waals surface area contributed by atoms with Gasteiger partial charge >= 0.3 is 0 Å². The quantitative estimate of drug-likeness (QED) is 0.406. The van der Waals surface area contributed by atoms with Crippen molar-refractivity contribution in [3.63, 3.8) is 0 Å². The molecule has 0 aromatic carbocycles. The van der Waals surface area contributed by atoms with Gasteiger partial charge in [0.1, 0.15) is 5.60 Å². The summed E-state index contributed by atoms with van der Waals surface area (Å²) >= 11 is 0. The van der Waals surface area contributed by atoms with E-state index in [0.717, 1.165) is 12.8 Å². The summed E-state index contributed by atoms with van der Waals surface area (Å²) in [5.41, 5.74) is -0.957. The normalized spacial score (nSPS) is 30.0. The highest BCUT2D eigenvalue weighted by molar-refractivity contribution is 6.00. The Hall–Kier alpha value is -0.970. The molecule has 2 saturated heterocycles. The molecule has 0 bridgehead atoms. The SMILES string of the molecule is CCCCCCCCCCCCC[C@@H]1C[C@@H](O)C[C@]2(COC3(C=CC(=O)C=C3)C2)O1. The Kier molecular flexibility index (Phi) is 9.15. The van der Waals surface area contributed by atoms with Gasteiger partial charge in [0.25, 0.3) is 0 Å². The number of ether oxygens (including phenoxy) is 2. The average Bonchev–Trinajstić information content (AvgIpc) is 3.05. The van der Waals surface area contributed by atoms with Crippen LogP contribution in [0.1, 0.15) is 103 Å². The van der Waals surface area contributed by atoms with E-state index in [0.29, 0.717) is 19.4 Å². The maximum Gasteiger partial charge on any atom is 0.178 e. The number of aliphatic hydroxyl groups excluding tert-OH is 1. The van der Waals surface area contributed by atoms with Crippen LogP contribution in [0.5, 0.6) is 0 Å². The highest BCUT2D eigenvalue weighted by Gasteiger charge is 2.52. The van der Waals surface area contributed by atoms with Gasteiger partial charge in [-0.15, -0.1) is 0 Å². The molecular formula is C26H42O4. The molecule has 1 N–H and O–H groups in total. The van der Waals surface area contributed by atoms with Gasteiger partial charge in [-0.2, -0.15) is 0 Å². The van der Waals surface area contributed by atoms with E-state index in [1.165, 1.54) is 70.6 Å². The van der Waals surface area contributed by atoms with Gasteiger partial charge in [-0.25, -0.2) is 0 Å². The van der Waals surface area contributed by atoms with Crippen molar-refractivity contribution < 1.29 is 19.4 Å². The highest BCUT2D eigenvalue weighted by Crippen LogP contribution is 2.45. The number of hydrogen-bond acceptors (Lipinski definition) is 4. The number of ketones is 1. The first kappa shape index (κ1) is 23.7. The average molecular weight is 419 g/mol. The summed E-state index contributed by atoms with van der Waals surface area (Å²) in [7, 11) is 0. The van der Waals surface area contributed by atoms with Gasteiger partial charge < -0.3 is 14.6 Å². The molecule has 3 rings (SSSR count). The molecule has 0 saturated carbocycles. The molecule has 1 aliphatic carbocycles. The Morgan fingerprint density at radius 3 is 2.20 bits per heavy atom. The van der Waals surface area contributed by atoms with Crippen LogP contribution in [0.15, 0.2) is 24.3 Å². The zero-order valence-electron chi connectivity index (χ0n) is 18.9. The van der Waals surface area contributed by atoms with E-state index in [4.69, 9.17) is 9.47 Å². The maximum absolute atomic E-state index is 11.5. The Morgan fingerprint density at radius 1 is 0.967 bits per heavy atom. The zero-order valence-corrected chi connectivity index (χ0v) is 18.9. The Labute approximate surface area is 183 Å². The van der Waals surface area contributed by atoms with E-state index in [9.17, 15) is 9.90 Å². The predicted octanol–water partition coefficient (Wildman–Crippen LogP) is 5.82. The molecule has 2 spiro atoms. The number of unbranched alkanes of at least 4 members (excludes halogenated alkanes) is 10. The third-order valence-electron chi connectivity index (χ3n) is 6.95. The second-order valence-electron chi connectivity index (χ2n) is 9.83. The monoisotopic (exact) mass is 418 g/mol. The summed E-state index contributed by atoms with van der Waals surface area (Å²) in [6.07, 6.45) is 24.5.